The Hall–Kier alpha value is -4.83. The summed E-state index contributed by atoms with van der Waals surface area (Å²) in [6, 6.07) is 44.8. The Kier molecular flexibility index (Phi) is 25.4. The smallest absolute Gasteiger partial charge is 0.162 e. The predicted molar refractivity (Wildman–Crippen MR) is 281 cm³/mol. The van der Waals surface area contributed by atoms with Gasteiger partial charge in [0.05, 0.1) is 6.10 Å². The number of ether oxygens (including phenoxy) is 1. The summed E-state index contributed by atoms with van der Waals surface area (Å²) in [6.45, 7) is 26.8. The lowest BCUT2D eigenvalue weighted by molar-refractivity contribution is 0.0979. The van der Waals surface area contributed by atoms with Gasteiger partial charge in [0, 0.05) is 47.8 Å². The van der Waals surface area contributed by atoms with Crippen molar-refractivity contribution in [3.05, 3.63) is 150 Å². The molecule has 0 N–H and O–H groups in total. The monoisotopic (exact) mass is 867 g/mol. The molecular weight excluding hydrogens is 781 g/mol. The van der Waals surface area contributed by atoms with Gasteiger partial charge in [0.1, 0.15) is 5.75 Å². The molecule has 1 atom stereocenters. The van der Waals surface area contributed by atoms with Crippen LogP contribution in [-0.4, -0.2) is 25.0 Å². The zero-order chi connectivity index (χ0) is 46.7. The number of anilines is 4. The Morgan fingerprint density at radius 1 is 0.469 bits per heavy atom. The third kappa shape index (κ3) is 18.7. The van der Waals surface area contributed by atoms with Crippen molar-refractivity contribution in [1.29, 1.82) is 0 Å². The minimum absolute atomic E-state index is 0.223. The third-order valence-electron chi connectivity index (χ3n) is 11.9. The summed E-state index contributed by atoms with van der Waals surface area (Å²) >= 11 is 0. The van der Waals surface area contributed by atoms with E-state index in [-0.39, 0.29) is 5.78 Å². The number of hydrogen-bond acceptors (Lipinski definition) is 4. The van der Waals surface area contributed by atoms with Gasteiger partial charge in [-0.25, -0.2) is 0 Å². The molecule has 5 aromatic rings. The first-order valence-corrected chi connectivity index (χ1v) is 25.2. The molecular formula is C60H86N2O2. The summed E-state index contributed by atoms with van der Waals surface area (Å²) in [6.07, 6.45) is 14.3. The van der Waals surface area contributed by atoms with Crippen molar-refractivity contribution in [3.63, 3.8) is 0 Å². The van der Waals surface area contributed by atoms with Gasteiger partial charge in [0.2, 0.25) is 0 Å². The van der Waals surface area contributed by atoms with Crippen LogP contribution in [0.5, 0.6) is 5.75 Å². The quantitative estimate of drug-likeness (QED) is 0.0457. The van der Waals surface area contributed by atoms with Crippen LogP contribution < -0.4 is 14.5 Å². The van der Waals surface area contributed by atoms with Crippen molar-refractivity contribution in [2.45, 2.75) is 177 Å². The van der Waals surface area contributed by atoms with Gasteiger partial charge in [-0.05, 0) is 139 Å². The molecule has 1 unspecified atom stereocenters. The van der Waals surface area contributed by atoms with Crippen molar-refractivity contribution in [2.24, 2.45) is 0 Å². The van der Waals surface area contributed by atoms with E-state index < -0.39 is 0 Å². The summed E-state index contributed by atoms with van der Waals surface area (Å²) in [4.78, 5) is 17.1. The second kappa shape index (κ2) is 30.3. The van der Waals surface area contributed by atoms with E-state index in [0.29, 0.717) is 30.3 Å². The third-order valence-corrected chi connectivity index (χ3v) is 11.9. The zero-order valence-electron chi connectivity index (χ0n) is 42.0. The molecule has 0 saturated carbocycles. The van der Waals surface area contributed by atoms with Gasteiger partial charge in [-0.3, -0.25) is 4.79 Å². The number of ketones is 1. The van der Waals surface area contributed by atoms with E-state index in [9.17, 15) is 4.79 Å². The van der Waals surface area contributed by atoms with Crippen LogP contribution in [0.15, 0.2) is 127 Å². The molecule has 5 rings (SSSR count). The number of carbonyl (C=O) groups excluding carboxylic acids is 1. The molecule has 0 amide bonds. The van der Waals surface area contributed by atoms with Gasteiger partial charge in [-0.15, -0.1) is 0 Å². The van der Waals surface area contributed by atoms with Crippen LogP contribution in [0.1, 0.15) is 198 Å². The molecule has 4 heteroatoms. The van der Waals surface area contributed by atoms with Crippen LogP contribution >= 0.6 is 0 Å². The second-order valence-corrected chi connectivity index (χ2v) is 18.3. The molecule has 0 saturated heterocycles. The van der Waals surface area contributed by atoms with Gasteiger partial charge < -0.3 is 14.5 Å². The highest BCUT2D eigenvalue weighted by atomic mass is 16.5. The molecule has 0 bridgehead atoms. The highest BCUT2D eigenvalue weighted by Gasteiger charge is 2.14. The molecule has 0 aliphatic heterocycles. The second-order valence-electron chi connectivity index (χ2n) is 18.3. The normalized spacial score (nSPS) is 11.4. The van der Waals surface area contributed by atoms with Crippen LogP contribution in [0, 0.1) is 0 Å². The molecule has 348 valence electrons. The Morgan fingerprint density at radius 2 is 0.891 bits per heavy atom. The highest BCUT2D eigenvalue weighted by molar-refractivity contribution is 5.96. The average Bonchev–Trinajstić information content (AvgIpc) is 3.31. The van der Waals surface area contributed by atoms with E-state index in [4.69, 9.17) is 4.74 Å². The van der Waals surface area contributed by atoms with Crippen LogP contribution in [-0.2, 0) is 0 Å². The van der Waals surface area contributed by atoms with E-state index in [2.05, 4.69) is 171 Å². The summed E-state index contributed by atoms with van der Waals surface area (Å²) in [5, 5.41) is 0. The number of rotatable bonds is 24. The van der Waals surface area contributed by atoms with Gasteiger partial charge in [0.15, 0.2) is 5.78 Å². The first-order chi connectivity index (χ1) is 30.9. The molecule has 0 aliphatic carbocycles. The van der Waals surface area contributed by atoms with Crippen molar-refractivity contribution < 1.29 is 9.53 Å². The molecule has 5 aromatic carbocycles. The number of carbonyl (C=O) groups is 1. The van der Waals surface area contributed by atoms with E-state index in [1.54, 1.807) is 0 Å². The number of para-hydroxylation sites is 1. The molecule has 0 aromatic heterocycles. The maximum Gasteiger partial charge on any atom is 0.162 e. The number of unbranched alkanes of at least 4 members (excludes halogenated alkanes) is 5. The maximum absolute atomic E-state index is 12.3. The van der Waals surface area contributed by atoms with Crippen LogP contribution in [0.3, 0.4) is 0 Å². The Balaban J connectivity index is 0.000000267. The van der Waals surface area contributed by atoms with E-state index >= 15 is 0 Å². The van der Waals surface area contributed by atoms with Crippen molar-refractivity contribution in [2.75, 3.05) is 22.9 Å². The van der Waals surface area contributed by atoms with Crippen molar-refractivity contribution in [1.82, 2.24) is 0 Å². The number of hydrogen-bond donors (Lipinski definition) is 0. The van der Waals surface area contributed by atoms with Crippen LogP contribution in [0.2, 0.25) is 0 Å². The molecule has 0 spiro atoms. The predicted octanol–water partition coefficient (Wildman–Crippen LogP) is 18.4. The first kappa shape index (κ1) is 53.5. The lowest BCUT2D eigenvalue weighted by atomic mass is 10.0. The lowest BCUT2D eigenvalue weighted by Gasteiger charge is -2.26. The molecule has 0 aliphatic rings. The average molecular weight is 867 g/mol. The zero-order valence-corrected chi connectivity index (χ0v) is 42.0. The summed E-state index contributed by atoms with van der Waals surface area (Å²) in [5.41, 5.74) is 9.60. The summed E-state index contributed by atoms with van der Waals surface area (Å²) in [7, 11) is 0. The minimum Gasteiger partial charge on any atom is -0.490 e. The molecule has 0 fully saturated rings. The minimum atomic E-state index is 0.223. The van der Waals surface area contributed by atoms with Gasteiger partial charge in [-0.1, -0.05) is 169 Å². The topological polar surface area (TPSA) is 32.8 Å². The van der Waals surface area contributed by atoms with E-state index in [1.807, 2.05) is 42.5 Å². The molecule has 0 heterocycles. The van der Waals surface area contributed by atoms with E-state index in [0.717, 1.165) is 54.1 Å². The Morgan fingerprint density at radius 3 is 1.31 bits per heavy atom. The highest BCUT2D eigenvalue weighted by Crippen LogP contribution is 2.35. The molecule has 4 nitrogen and oxygen atoms in total. The molecule has 0 radical (unpaired) electrons. The fraction of sp³-hybridized carbons (Fsp3) is 0.483. The summed E-state index contributed by atoms with van der Waals surface area (Å²) < 4.78 is 5.94. The largest absolute Gasteiger partial charge is 0.490 e. The van der Waals surface area contributed by atoms with Crippen molar-refractivity contribution >= 4 is 28.5 Å². The van der Waals surface area contributed by atoms with Gasteiger partial charge >= 0.3 is 0 Å². The van der Waals surface area contributed by atoms with Crippen molar-refractivity contribution in [3.8, 4) is 5.75 Å². The van der Waals surface area contributed by atoms with Gasteiger partial charge in [-0.2, -0.15) is 0 Å². The Labute approximate surface area is 391 Å². The first-order valence-electron chi connectivity index (χ1n) is 25.2. The maximum atomic E-state index is 12.3. The fourth-order valence-corrected chi connectivity index (χ4v) is 7.65. The number of benzene rings is 5. The molecule has 64 heavy (non-hydrogen) atoms. The number of Topliss-reactive ketones (excluding diaryl/α,β-unsaturated/α-hetero) is 1. The number of nitrogens with zero attached hydrogens (tertiary/aromatic N) is 2. The lowest BCUT2D eigenvalue weighted by Crippen LogP contribution is -2.25. The van der Waals surface area contributed by atoms with E-state index in [1.165, 1.54) is 80.4 Å². The van der Waals surface area contributed by atoms with Crippen LogP contribution in [0.25, 0.3) is 0 Å². The fourth-order valence-electron chi connectivity index (χ4n) is 7.65. The standard InChI is InChI=1S/C26H29NO.C19H33N.C15H24O/c1-4-5-11-26(28)22-14-18-25(19-15-22)27(23-9-7-6-8-10-23)24-16-12-21(13-17-24)20(2)3;1-5-7-9-15-20(16-10-8-6-2)19-13-11-18(12-14-19)17(3)4;1-5-7-14(6-2)16-15-10-8-13(9-11-15)12(3)4/h6-10,12-20H,4-5,11H2,1-3H3;11-14,17H,5-10,15-16H2,1-4H3;8-12,14H,5-7H2,1-4H3. The summed E-state index contributed by atoms with van der Waals surface area (Å²) in [5.74, 6) is 2.95. The van der Waals surface area contributed by atoms with Crippen LogP contribution in [0.4, 0.5) is 22.7 Å². The Bertz CT molecular complexity index is 1920. The van der Waals surface area contributed by atoms with Gasteiger partial charge in [0.25, 0.3) is 0 Å². The SMILES string of the molecule is CCCC(CC)Oc1ccc(C(C)C)cc1.CCCCC(=O)c1ccc(N(c2ccccc2)c2ccc(C(C)C)cc2)cc1.CCCCCN(CCCCC)c1ccc(C(C)C)cc1.